The molecule has 9 nitrogen and oxygen atoms in total. The fourth-order valence-electron chi connectivity index (χ4n) is 4.61. The van der Waals surface area contributed by atoms with E-state index in [2.05, 4.69) is 5.10 Å². The molecular weight excluding hydrogens is 402 g/mol. The molecular formula is C22H25N3O6. The maximum atomic E-state index is 12.8. The molecule has 0 unspecified atom stereocenters. The Morgan fingerprint density at radius 3 is 2.32 bits per heavy atom. The second-order valence-electron chi connectivity index (χ2n) is 9.00. The van der Waals surface area contributed by atoms with Gasteiger partial charge in [-0.3, -0.25) is 19.7 Å². The molecule has 1 aliphatic heterocycles. The molecule has 0 spiro atoms. The van der Waals surface area contributed by atoms with E-state index < -0.39 is 10.5 Å². The van der Waals surface area contributed by atoms with Crippen LogP contribution in [0.15, 0.2) is 29.4 Å². The van der Waals surface area contributed by atoms with Crippen molar-refractivity contribution in [3.05, 3.63) is 40.0 Å². The normalized spacial score (nSPS) is 26.8. The van der Waals surface area contributed by atoms with Crippen LogP contribution in [-0.2, 0) is 9.59 Å². The van der Waals surface area contributed by atoms with Crippen molar-refractivity contribution >= 4 is 23.7 Å². The molecule has 0 radical (unpaired) electrons. The number of hydrogen-bond donors (Lipinski definition) is 0. The first-order valence-corrected chi connectivity index (χ1v) is 10.3. The van der Waals surface area contributed by atoms with Crippen LogP contribution in [0.5, 0.6) is 11.5 Å². The van der Waals surface area contributed by atoms with Crippen molar-refractivity contribution in [3.63, 3.8) is 0 Å². The Bertz CT molecular complexity index is 979. The molecule has 164 valence electrons. The van der Waals surface area contributed by atoms with Crippen molar-refractivity contribution in [1.29, 1.82) is 0 Å². The average Bonchev–Trinajstić information content (AvgIpc) is 3.35. The maximum absolute atomic E-state index is 12.8. The number of amides is 2. The quantitative estimate of drug-likeness (QED) is 0.226. The number of allylic oxidation sites excluding steroid dienone is 2. The predicted octanol–water partition coefficient (Wildman–Crippen LogP) is 3.31. The van der Waals surface area contributed by atoms with Gasteiger partial charge >= 0.3 is 5.69 Å². The number of imide groups is 1. The number of fused-ring (bicyclic) bond motifs is 5. The summed E-state index contributed by atoms with van der Waals surface area (Å²) in [7, 11) is 0. The van der Waals surface area contributed by atoms with Gasteiger partial charge in [0.05, 0.1) is 29.6 Å². The van der Waals surface area contributed by atoms with Gasteiger partial charge in [-0.15, -0.1) is 0 Å². The largest absolute Gasteiger partial charge is 0.490 e. The van der Waals surface area contributed by atoms with Gasteiger partial charge in [0, 0.05) is 11.6 Å². The lowest BCUT2D eigenvalue weighted by Gasteiger charge is -2.23. The van der Waals surface area contributed by atoms with Crippen molar-refractivity contribution in [2.75, 3.05) is 6.61 Å². The molecule has 1 heterocycles. The molecule has 1 aromatic rings. The van der Waals surface area contributed by atoms with Gasteiger partial charge in [-0.2, -0.15) is 10.1 Å². The van der Waals surface area contributed by atoms with Crippen LogP contribution in [0.2, 0.25) is 0 Å². The highest BCUT2D eigenvalue weighted by Crippen LogP contribution is 2.52. The number of ether oxygens (including phenoxy) is 2. The molecule has 1 saturated carbocycles. The summed E-state index contributed by atoms with van der Waals surface area (Å²) in [6.07, 6.45) is 6.14. The second kappa shape index (κ2) is 7.47. The molecule has 31 heavy (non-hydrogen) atoms. The lowest BCUT2D eigenvalue weighted by Crippen LogP contribution is -2.28. The zero-order valence-corrected chi connectivity index (χ0v) is 17.9. The lowest BCUT2D eigenvalue weighted by atomic mass is 9.85. The van der Waals surface area contributed by atoms with Crippen molar-refractivity contribution in [1.82, 2.24) is 5.01 Å². The standard InChI is InChI=1S/C22H25N3O6/c1-5-30-16-9-12(8-15(25(28)29)19(16)31-22(2,3)4)11-23-24-20(26)17-13-6-7-14(10-13)18(17)21(24)27/h6-9,11,13-14,17-18H,5,10H2,1-4H3/t13-,14-,17-,18+/m0/s1. The minimum Gasteiger partial charge on any atom is -0.490 e. The lowest BCUT2D eigenvalue weighted by molar-refractivity contribution is -0.386. The van der Waals surface area contributed by atoms with Crippen LogP contribution in [0, 0.1) is 33.8 Å². The van der Waals surface area contributed by atoms with E-state index in [4.69, 9.17) is 9.47 Å². The molecule has 4 atom stereocenters. The molecule has 1 saturated heterocycles. The summed E-state index contributed by atoms with van der Waals surface area (Å²) in [5.74, 6) is -0.915. The number of benzene rings is 1. The van der Waals surface area contributed by atoms with Gasteiger partial charge in [0.15, 0.2) is 5.75 Å². The minimum atomic E-state index is -0.675. The van der Waals surface area contributed by atoms with Crippen LogP contribution in [0.1, 0.15) is 39.7 Å². The molecule has 0 N–H and O–H groups in total. The summed E-state index contributed by atoms with van der Waals surface area (Å²) >= 11 is 0. The number of hydrogen-bond acceptors (Lipinski definition) is 7. The summed E-state index contributed by atoms with van der Waals surface area (Å²) in [4.78, 5) is 36.7. The summed E-state index contributed by atoms with van der Waals surface area (Å²) in [6.45, 7) is 7.39. The Kier molecular flexibility index (Phi) is 5.07. The van der Waals surface area contributed by atoms with Crippen LogP contribution in [-0.4, -0.2) is 40.2 Å². The van der Waals surface area contributed by atoms with Crippen molar-refractivity contribution in [2.24, 2.45) is 28.8 Å². The van der Waals surface area contributed by atoms with Crippen LogP contribution in [0.3, 0.4) is 0 Å². The number of rotatable bonds is 6. The van der Waals surface area contributed by atoms with E-state index in [1.807, 2.05) is 12.2 Å². The molecule has 1 aromatic carbocycles. The van der Waals surface area contributed by atoms with Gasteiger partial charge in [0.1, 0.15) is 5.60 Å². The van der Waals surface area contributed by atoms with Gasteiger partial charge in [0.2, 0.25) is 5.75 Å². The van der Waals surface area contributed by atoms with Crippen molar-refractivity contribution in [2.45, 2.75) is 39.7 Å². The Balaban J connectivity index is 1.65. The van der Waals surface area contributed by atoms with Crippen molar-refractivity contribution < 1.29 is 24.0 Å². The summed E-state index contributed by atoms with van der Waals surface area (Å²) in [5.41, 5.74) is -0.623. The monoisotopic (exact) mass is 427 g/mol. The number of nitro groups is 1. The first kappa shape index (κ1) is 21.0. The highest BCUT2D eigenvalue weighted by Gasteiger charge is 2.59. The smallest absolute Gasteiger partial charge is 0.315 e. The molecule has 2 bridgehead atoms. The summed E-state index contributed by atoms with van der Waals surface area (Å²) in [6, 6.07) is 2.85. The number of nitrogens with zero attached hydrogens (tertiary/aromatic N) is 3. The SMILES string of the molecule is CCOc1cc(C=NN2C(=O)[C@@H]3[C@H](C2=O)[C@H]2C=C[C@H]3C2)cc([N+](=O)[O-])c1OC(C)(C)C. The molecule has 0 aromatic heterocycles. The third kappa shape index (κ3) is 3.68. The van der Waals surface area contributed by atoms with Crippen LogP contribution >= 0.6 is 0 Å². The van der Waals surface area contributed by atoms with E-state index in [0.29, 0.717) is 5.56 Å². The van der Waals surface area contributed by atoms with Gasteiger partial charge in [-0.1, -0.05) is 12.2 Å². The van der Waals surface area contributed by atoms with E-state index in [1.165, 1.54) is 12.3 Å². The molecule has 9 heteroatoms. The number of carbonyl (C=O) groups excluding carboxylic acids is 2. The fraction of sp³-hybridized carbons (Fsp3) is 0.500. The van der Waals surface area contributed by atoms with Gasteiger partial charge in [-0.25, -0.2) is 0 Å². The number of nitro benzene ring substituents is 1. The Hall–Kier alpha value is -3.23. The Morgan fingerprint density at radius 1 is 1.19 bits per heavy atom. The third-order valence-corrected chi connectivity index (χ3v) is 5.73. The molecule has 4 rings (SSSR count). The first-order valence-electron chi connectivity index (χ1n) is 10.3. The van der Waals surface area contributed by atoms with Gasteiger partial charge in [0.25, 0.3) is 11.8 Å². The molecule has 2 aliphatic carbocycles. The number of hydrazone groups is 1. The van der Waals surface area contributed by atoms with E-state index in [0.717, 1.165) is 11.4 Å². The molecule has 2 fully saturated rings. The number of carbonyl (C=O) groups is 2. The van der Waals surface area contributed by atoms with Crippen LogP contribution in [0.4, 0.5) is 5.69 Å². The first-order chi connectivity index (χ1) is 14.6. The summed E-state index contributed by atoms with van der Waals surface area (Å²) < 4.78 is 11.4. The van der Waals surface area contributed by atoms with E-state index in [9.17, 15) is 19.7 Å². The topological polar surface area (TPSA) is 111 Å². The average molecular weight is 427 g/mol. The van der Waals surface area contributed by atoms with Gasteiger partial charge < -0.3 is 9.47 Å². The van der Waals surface area contributed by atoms with E-state index in [1.54, 1.807) is 33.8 Å². The van der Waals surface area contributed by atoms with E-state index in [-0.39, 0.29) is 59.3 Å². The zero-order valence-electron chi connectivity index (χ0n) is 17.9. The highest BCUT2D eigenvalue weighted by atomic mass is 16.6. The summed E-state index contributed by atoms with van der Waals surface area (Å²) in [5, 5.41) is 16.7. The molecule has 3 aliphatic rings. The predicted molar refractivity (Wildman–Crippen MR) is 112 cm³/mol. The van der Waals surface area contributed by atoms with Crippen LogP contribution in [0.25, 0.3) is 0 Å². The maximum Gasteiger partial charge on any atom is 0.315 e. The Labute approximate surface area is 179 Å². The third-order valence-electron chi connectivity index (χ3n) is 5.73. The minimum absolute atomic E-state index is 0.0296. The highest BCUT2D eigenvalue weighted by molar-refractivity contribution is 6.06. The second-order valence-corrected chi connectivity index (χ2v) is 9.00. The van der Waals surface area contributed by atoms with Crippen LogP contribution < -0.4 is 9.47 Å². The Morgan fingerprint density at radius 2 is 1.81 bits per heavy atom. The van der Waals surface area contributed by atoms with Gasteiger partial charge in [-0.05, 0) is 52.0 Å². The molecule has 2 amide bonds. The zero-order chi connectivity index (χ0) is 22.5. The fourth-order valence-corrected chi connectivity index (χ4v) is 4.61. The van der Waals surface area contributed by atoms with E-state index >= 15 is 0 Å². The van der Waals surface area contributed by atoms with Crippen molar-refractivity contribution in [3.8, 4) is 11.5 Å².